The molecular weight excluding hydrogens is 653 g/mol. The van der Waals surface area contributed by atoms with Crippen LogP contribution in [0.5, 0.6) is 0 Å². The summed E-state index contributed by atoms with van der Waals surface area (Å²) in [6, 6.07) is 2.65. The van der Waals surface area contributed by atoms with Gasteiger partial charge in [-0.1, -0.05) is 19.9 Å². The third-order valence-corrected chi connectivity index (χ3v) is 9.25. The van der Waals surface area contributed by atoms with E-state index in [0.717, 1.165) is 24.8 Å². The third-order valence-electron chi connectivity index (χ3n) is 9.25. The van der Waals surface area contributed by atoms with Gasteiger partial charge in [-0.3, -0.25) is 49.7 Å². The molecule has 0 aromatic heterocycles. The number of allylic oxidation sites excluding steroid dienone is 5. The van der Waals surface area contributed by atoms with E-state index in [9.17, 15) is 19.2 Å². The van der Waals surface area contributed by atoms with Gasteiger partial charge in [0.25, 0.3) is 0 Å². The summed E-state index contributed by atoms with van der Waals surface area (Å²) in [4.78, 5) is 62.2. The van der Waals surface area contributed by atoms with Crippen molar-refractivity contribution < 1.29 is 23.6 Å². The molecule has 3 heterocycles. The molecule has 51 heavy (non-hydrogen) atoms. The number of hydrogen-bond donors (Lipinski definition) is 3. The predicted octanol–water partition coefficient (Wildman–Crippen LogP) is 3.08. The fraction of sp³-hybridized carbons (Fsp3) is 0.432. The lowest BCUT2D eigenvalue weighted by molar-refractivity contribution is -0.134. The van der Waals surface area contributed by atoms with Crippen LogP contribution in [-0.4, -0.2) is 117 Å². The topological polar surface area (TPSA) is 151 Å². The molecule has 1 aromatic rings. The van der Waals surface area contributed by atoms with Crippen LogP contribution in [0.25, 0.3) is 0 Å². The summed E-state index contributed by atoms with van der Waals surface area (Å²) < 4.78 is 15.4. The fourth-order valence-electron chi connectivity index (χ4n) is 6.50. The number of hydrogen-bond acceptors (Lipinski definition) is 11. The number of carbonyl (C=O) groups excluding carboxylic acids is 4. The van der Waals surface area contributed by atoms with E-state index in [1.165, 1.54) is 12.3 Å². The van der Waals surface area contributed by atoms with Gasteiger partial charge in [0, 0.05) is 67.2 Å². The molecule has 272 valence electrons. The van der Waals surface area contributed by atoms with Gasteiger partial charge < -0.3 is 10.2 Å². The maximum atomic E-state index is 15.4. The minimum Gasteiger partial charge on any atom is -0.374 e. The zero-order valence-corrected chi connectivity index (χ0v) is 29.4. The standard InChI is InChI=1S/C37H48FN9O4/c1-5-6-34(37(51)41-25-49)44-32-16-27(3)36(33(38)17-32)28-7-9-45(10-8-28)22-35(50)47-13-11-46(12-14-47)24-40-19-30(18-39-4)29-15-26(2)31(23-48)21-43-42-20-29/h15-21,23,25,28,34,43-44H,2,4-14,22,24H2,1,3H3,(H,41,49,51)/b29-15?,30-18+,31-21-,40-19?,42-20?. The van der Waals surface area contributed by atoms with E-state index in [1.807, 2.05) is 24.8 Å². The molecule has 3 amide bonds. The number of imide groups is 1. The number of rotatable bonds is 15. The van der Waals surface area contributed by atoms with E-state index < -0.39 is 11.9 Å². The van der Waals surface area contributed by atoms with Crippen molar-refractivity contribution in [2.24, 2.45) is 15.1 Å². The van der Waals surface area contributed by atoms with Gasteiger partial charge in [0.2, 0.25) is 18.2 Å². The Morgan fingerprint density at radius 1 is 1.14 bits per heavy atom. The number of aliphatic imine (C=N–C) groups is 2. The summed E-state index contributed by atoms with van der Waals surface area (Å²) >= 11 is 0. The van der Waals surface area contributed by atoms with Crippen molar-refractivity contribution in [3.63, 3.8) is 0 Å². The van der Waals surface area contributed by atoms with Gasteiger partial charge in [-0.15, -0.1) is 0 Å². The van der Waals surface area contributed by atoms with Crippen LogP contribution in [0.15, 0.2) is 74.6 Å². The number of hydrazone groups is 1. The average Bonchev–Trinajstić information content (AvgIpc) is 3.10. The Balaban J connectivity index is 1.24. The monoisotopic (exact) mass is 701 g/mol. The molecular formula is C37H48FN9O4. The Bertz CT molecular complexity index is 1590. The number of halogens is 1. The molecule has 0 bridgehead atoms. The second-order valence-electron chi connectivity index (χ2n) is 12.8. The Labute approximate surface area is 298 Å². The maximum absolute atomic E-state index is 15.4. The lowest BCUT2D eigenvalue weighted by Gasteiger charge is -2.37. The van der Waals surface area contributed by atoms with Crippen LogP contribution in [0.1, 0.15) is 49.7 Å². The number of anilines is 1. The van der Waals surface area contributed by atoms with Gasteiger partial charge in [-0.2, -0.15) is 5.10 Å². The molecule has 1 unspecified atom stereocenters. The number of benzene rings is 1. The maximum Gasteiger partial charge on any atom is 0.248 e. The molecule has 13 nitrogen and oxygen atoms in total. The van der Waals surface area contributed by atoms with Crippen LogP contribution in [-0.2, 0) is 19.2 Å². The van der Waals surface area contributed by atoms with Crippen LogP contribution in [0, 0.1) is 12.7 Å². The number of likely N-dealkylation sites (tertiary alicyclic amines) is 1. The highest BCUT2D eigenvalue weighted by molar-refractivity contribution is 6.00. The predicted molar refractivity (Wildman–Crippen MR) is 198 cm³/mol. The van der Waals surface area contributed by atoms with Gasteiger partial charge in [-0.25, -0.2) is 4.39 Å². The highest BCUT2D eigenvalue weighted by Crippen LogP contribution is 2.34. The fourth-order valence-corrected chi connectivity index (χ4v) is 6.50. The number of piperazine rings is 1. The molecule has 0 spiro atoms. The van der Waals surface area contributed by atoms with Crippen LogP contribution in [0.3, 0.4) is 0 Å². The molecule has 3 aliphatic rings. The molecule has 14 heteroatoms. The summed E-state index contributed by atoms with van der Waals surface area (Å²) in [5.41, 5.74) is 6.93. The molecule has 0 radical (unpaired) electrons. The number of carbonyl (C=O) groups is 4. The van der Waals surface area contributed by atoms with E-state index >= 15 is 4.39 Å². The summed E-state index contributed by atoms with van der Waals surface area (Å²) in [6.45, 7) is 16.1. The van der Waals surface area contributed by atoms with Crippen molar-refractivity contribution >= 4 is 49.3 Å². The summed E-state index contributed by atoms with van der Waals surface area (Å²) in [7, 11) is 0. The van der Waals surface area contributed by atoms with Gasteiger partial charge in [0.15, 0.2) is 6.29 Å². The lowest BCUT2D eigenvalue weighted by Crippen LogP contribution is -2.51. The zero-order valence-electron chi connectivity index (χ0n) is 29.4. The van der Waals surface area contributed by atoms with Crippen molar-refractivity contribution in [1.82, 2.24) is 25.4 Å². The molecule has 0 saturated carbocycles. The largest absolute Gasteiger partial charge is 0.374 e. The second-order valence-corrected chi connectivity index (χ2v) is 12.8. The Morgan fingerprint density at radius 2 is 1.88 bits per heavy atom. The van der Waals surface area contributed by atoms with E-state index in [1.54, 1.807) is 24.7 Å². The van der Waals surface area contributed by atoms with Gasteiger partial charge in [-0.05, 0) is 86.8 Å². The SMILES string of the molecule is C=N/C=C(\C=NCN1CCN(C(=O)CN2CCC(c3c(C)cc(NC(CCC)C(=O)NC=O)cc3F)CC2)CC1)C1=CC(=C)/C(C=O)=C\NN=C1. The molecule has 1 aromatic carbocycles. The molecule has 2 saturated heterocycles. The molecule has 0 aliphatic carbocycles. The van der Waals surface area contributed by atoms with E-state index in [4.69, 9.17) is 0 Å². The lowest BCUT2D eigenvalue weighted by atomic mass is 9.86. The average molecular weight is 702 g/mol. The summed E-state index contributed by atoms with van der Waals surface area (Å²) in [5.74, 6) is -0.634. The van der Waals surface area contributed by atoms with Gasteiger partial charge >= 0.3 is 0 Å². The minimum atomic E-state index is -0.634. The van der Waals surface area contributed by atoms with E-state index in [0.29, 0.717) is 105 Å². The number of aldehydes is 1. The van der Waals surface area contributed by atoms with Crippen LogP contribution in [0.2, 0.25) is 0 Å². The van der Waals surface area contributed by atoms with Crippen molar-refractivity contribution in [2.45, 2.75) is 51.5 Å². The number of nitrogens with one attached hydrogen (secondary N) is 3. The second kappa shape index (κ2) is 19.3. The van der Waals surface area contributed by atoms with Crippen LogP contribution in [0.4, 0.5) is 10.1 Å². The van der Waals surface area contributed by atoms with Gasteiger partial charge in [0.1, 0.15) is 11.9 Å². The quantitative estimate of drug-likeness (QED) is 0.187. The van der Waals surface area contributed by atoms with Crippen LogP contribution >= 0.6 is 0 Å². The Hall–Kier alpha value is -5.08. The summed E-state index contributed by atoms with van der Waals surface area (Å²) in [5, 5.41) is 9.34. The first kappa shape index (κ1) is 38.7. The summed E-state index contributed by atoms with van der Waals surface area (Å²) in [6.07, 6.45) is 11.8. The van der Waals surface area contributed by atoms with Crippen molar-refractivity contribution in [1.29, 1.82) is 0 Å². The first-order valence-electron chi connectivity index (χ1n) is 17.2. The van der Waals surface area contributed by atoms with Gasteiger partial charge in [0.05, 0.1) is 19.4 Å². The number of piperidine rings is 1. The first-order chi connectivity index (χ1) is 24.7. The highest BCUT2D eigenvalue weighted by Gasteiger charge is 2.28. The molecule has 1 atom stereocenters. The molecule has 3 aliphatic heterocycles. The first-order valence-corrected chi connectivity index (χ1v) is 17.2. The molecule has 2 fully saturated rings. The smallest absolute Gasteiger partial charge is 0.248 e. The Morgan fingerprint density at radius 3 is 2.53 bits per heavy atom. The minimum absolute atomic E-state index is 0.0358. The zero-order chi connectivity index (χ0) is 36.8. The third kappa shape index (κ3) is 11.0. The highest BCUT2D eigenvalue weighted by atomic mass is 19.1. The number of aryl methyl sites for hydroxylation is 1. The number of amides is 3. The van der Waals surface area contributed by atoms with Crippen molar-refractivity contribution in [3.8, 4) is 0 Å². The molecule has 3 N–H and O–H groups in total. The van der Waals surface area contributed by atoms with E-state index in [2.05, 4.69) is 54.2 Å². The van der Waals surface area contributed by atoms with Crippen LogP contribution < -0.4 is 16.1 Å². The normalized spacial score (nSPS) is 19.6. The van der Waals surface area contributed by atoms with Crippen molar-refractivity contribution in [2.75, 3.05) is 57.8 Å². The number of nitrogens with zero attached hydrogens (tertiary/aromatic N) is 6. The van der Waals surface area contributed by atoms with Crippen molar-refractivity contribution in [3.05, 3.63) is 76.4 Å². The molecule has 4 rings (SSSR count). The Kier molecular flexibility index (Phi) is 14.7. The van der Waals surface area contributed by atoms with E-state index in [-0.39, 0.29) is 17.6 Å².